The zero-order valence-electron chi connectivity index (χ0n) is 47.1. The van der Waals surface area contributed by atoms with Crippen LogP contribution in [0, 0.1) is 0 Å². The van der Waals surface area contributed by atoms with Crippen LogP contribution in [0.1, 0.15) is 271 Å². The number of likely N-dealkylation sites (N-methyl/N-ethyl adjacent to an activating group) is 1. The van der Waals surface area contributed by atoms with Crippen molar-refractivity contribution in [3.63, 3.8) is 0 Å². The monoisotopic (exact) mass is 1000 g/mol. The highest BCUT2D eigenvalue weighted by Gasteiger charge is 2.22. The lowest BCUT2D eigenvalue weighted by molar-refractivity contribution is -0.870. The van der Waals surface area contributed by atoms with Gasteiger partial charge in [-0.15, -0.1) is 0 Å². The maximum Gasteiger partial charge on any atom is 0.306 e. The second-order valence-electron chi connectivity index (χ2n) is 21.3. The summed E-state index contributed by atoms with van der Waals surface area (Å²) in [6, 6.07) is 0. The van der Waals surface area contributed by atoms with Crippen LogP contribution in [0.4, 0.5) is 0 Å². The normalized spacial score (nSPS) is 13.1. The van der Waals surface area contributed by atoms with Crippen molar-refractivity contribution in [2.24, 2.45) is 0 Å². The third-order valence-electron chi connectivity index (χ3n) is 13.0. The first-order valence-corrected chi connectivity index (χ1v) is 29.8. The van der Waals surface area contributed by atoms with E-state index in [1.807, 2.05) is 21.1 Å². The summed E-state index contributed by atoms with van der Waals surface area (Å²) in [6.45, 7) is 4.68. The van der Waals surface area contributed by atoms with E-state index in [0.29, 0.717) is 17.4 Å². The van der Waals surface area contributed by atoms with Crippen molar-refractivity contribution in [1.29, 1.82) is 0 Å². The number of ether oxygens (including phenoxy) is 4. The van der Waals surface area contributed by atoms with Gasteiger partial charge < -0.3 is 33.3 Å². The van der Waals surface area contributed by atoms with Crippen molar-refractivity contribution in [2.75, 3.05) is 47.5 Å². The van der Waals surface area contributed by atoms with Gasteiger partial charge in [0.15, 0.2) is 12.4 Å². The molecule has 0 aliphatic heterocycles. The predicted molar refractivity (Wildman–Crippen MR) is 297 cm³/mol. The van der Waals surface area contributed by atoms with Crippen molar-refractivity contribution < 1.29 is 42.9 Å². The minimum absolute atomic E-state index is 0.146. The van der Waals surface area contributed by atoms with Crippen LogP contribution in [-0.4, -0.2) is 82.3 Å². The lowest BCUT2D eigenvalue weighted by atomic mass is 10.0. The van der Waals surface area contributed by atoms with Crippen molar-refractivity contribution in [3.8, 4) is 0 Å². The number of unbranched alkanes of at least 4 members (excludes halogenated alkanes) is 32. The molecule has 0 heterocycles. The van der Waals surface area contributed by atoms with Gasteiger partial charge in [-0.3, -0.25) is 9.59 Å². The number of carbonyl (C=O) groups excluding carboxylic acids is 3. The fraction of sp³-hybridized carbons (Fsp3) is 0.823. The zero-order chi connectivity index (χ0) is 52.0. The van der Waals surface area contributed by atoms with Crippen molar-refractivity contribution in [2.45, 2.75) is 283 Å². The summed E-state index contributed by atoms with van der Waals surface area (Å²) in [5, 5.41) is 11.8. The van der Waals surface area contributed by atoms with Crippen LogP contribution in [0.3, 0.4) is 0 Å². The summed E-state index contributed by atoms with van der Waals surface area (Å²) in [7, 11) is 5.92. The van der Waals surface area contributed by atoms with Crippen LogP contribution in [0.25, 0.3) is 0 Å². The molecule has 0 aromatic heterocycles. The van der Waals surface area contributed by atoms with Gasteiger partial charge in [0.2, 0.25) is 0 Å². The van der Waals surface area contributed by atoms with Crippen LogP contribution in [0.2, 0.25) is 0 Å². The fourth-order valence-corrected chi connectivity index (χ4v) is 8.43. The molecule has 2 atom stereocenters. The number of rotatable bonds is 55. The average molecular weight is 1000 g/mol. The van der Waals surface area contributed by atoms with Gasteiger partial charge in [-0.1, -0.05) is 236 Å². The van der Waals surface area contributed by atoms with E-state index in [-0.39, 0.29) is 38.6 Å². The molecule has 414 valence electrons. The van der Waals surface area contributed by atoms with Crippen LogP contribution < -0.4 is 5.11 Å². The lowest BCUT2D eigenvalue weighted by Crippen LogP contribution is -2.44. The minimum Gasteiger partial charge on any atom is -0.545 e. The number of nitrogens with zero attached hydrogens (tertiary/aromatic N) is 1. The number of allylic oxidation sites excluding steroid dienone is 8. The smallest absolute Gasteiger partial charge is 0.306 e. The molecule has 0 saturated carbocycles. The highest BCUT2D eigenvalue weighted by molar-refractivity contribution is 5.70. The van der Waals surface area contributed by atoms with E-state index < -0.39 is 24.3 Å². The van der Waals surface area contributed by atoms with Crippen LogP contribution in [-0.2, 0) is 33.3 Å². The molecule has 9 nitrogen and oxygen atoms in total. The summed E-state index contributed by atoms with van der Waals surface area (Å²) in [6.07, 6.45) is 63.3. The van der Waals surface area contributed by atoms with Crippen LogP contribution >= 0.6 is 0 Å². The van der Waals surface area contributed by atoms with E-state index >= 15 is 0 Å². The van der Waals surface area contributed by atoms with Gasteiger partial charge in [0, 0.05) is 12.8 Å². The number of carboxylic acids is 1. The standard InChI is InChI=1S/C62H113NO8/c1-6-8-10-12-14-16-18-20-21-22-23-24-25-26-27-28-29-30-31-32-33-34-35-36-37-38-39-41-43-45-47-49-51-53-60(65)71-58(57-70-62(61(66)67)68-55-54-63(3,4)5)56-69-59(64)52-50-48-46-44-42-40-19-17-15-13-11-9-7-2/h11,13,17-20,22-23,58,62H,6-10,12,14-16,21,24-57H2,1-5H3/b13-11-,19-17-,20-18-,23-22-. The van der Waals surface area contributed by atoms with Crippen LogP contribution in [0.15, 0.2) is 48.6 Å². The molecule has 71 heavy (non-hydrogen) atoms. The maximum atomic E-state index is 12.8. The Kier molecular flexibility index (Phi) is 51.5. The molecule has 0 radical (unpaired) electrons. The number of aliphatic carboxylic acids is 1. The second-order valence-corrected chi connectivity index (χ2v) is 21.3. The number of quaternary nitrogens is 1. The number of carboxylic acid groups (broad SMARTS) is 1. The summed E-state index contributed by atoms with van der Waals surface area (Å²) in [5.41, 5.74) is 0. The molecule has 0 N–H and O–H groups in total. The molecule has 2 unspecified atom stereocenters. The third-order valence-corrected chi connectivity index (χ3v) is 13.0. The van der Waals surface area contributed by atoms with E-state index in [9.17, 15) is 19.5 Å². The van der Waals surface area contributed by atoms with Gasteiger partial charge in [-0.2, -0.15) is 0 Å². The third kappa shape index (κ3) is 54.9. The average Bonchev–Trinajstić information content (AvgIpc) is 3.34. The molecule has 0 bridgehead atoms. The number of esters is 2. The van der Waals surface area contributed by atoms with Gasteiger partial charge in [-0.25, -0.2) is 0 Å². The van der Waals surface area contributed by atoms with Crippen molar-refractivity contribution in [3.05, 3.63) is 48.6 Å². The Morgan fingerprint density at radius 1 is 0.423 bits per heavy atom. The largest absolute Gasteiger partial charge is 0.545 e. The number of carbonyl (C=O) groups is 3. The molecule has 0 aromatic rings. The molecule has 9 heteroatoms. The van der Waals surface area contributed by atoms with Crippen molar-refractivity contribution in [1.82, 2.24) is 0 Å². The van der Waals surface area contributed by atoms with E-state index in [2.05, 4.69) is 62.5 Å². The van der Waals surface area contributed by atoms with Crippen LogP contribution in [0.5, 0.6) is 0 Å². The SMILES string of the molecule is CCC/C=C\C/C=C\CCCCCCCC(=O)OCC(COC(OCC[N+](C)(C)C)C(=O)[O-])OC(=O)CCCCCCCCCCCCCCCCCCCCCCC/C=C\C/C=C\CCCCCCC. The molecule has 0 spiro atoms. The molecule has 0 saturated heterocycles. The first-order valence-electron chi connectivity index (χ1n) is 29.8. The van der Waals surface area contributed by atoms with E-state index in [4.69, 9.17) is 18.9 Å². The van der Waals surface area contributed by atoms with Gasteiger partial charge >= 0.3 is 11.9 Å². The number of hydrogen-bond donors (Lipinski definition) is 0. The predicted octanol–water partition coefficient (Wildman–Crippen LogP) is 16.1. The Hall–Kier alpha value is -2.75. The second kappa shape index (κ2) is 53.5. The fourth-order valence-electron chi connectivity index (χ4n) is 8.43. The zero-order valence-corrected chi connectivity index (χ0v) is 47.1. The molecule has 0 fully saturated rings. The van der Waals surface area contributed by atoms with E-state index in [1.54, 1.807) is 0 Å². The van der Waals surface area contributed by atoms with Gasteiger partial charge in [-0.05, 0) is 70.6 Å². The van der Waals surface area contributed by atoms with E-state index in [0.717, 1.165) is 70.6 Å². The summed E-state index contributed by atoms with van der Waals surface area (Å²) in [4.78, 5) is 37.2. The van der Waals surface area contributed by atoms with E-state index in [1.165, 1.54) is 167 Å². The highest BCUT2D eigenvalue weighted by Crippen LogP contribution is 2.17. The summed E-state index contributed by atoms with van der Waals surface area (Å²) < 4.78 is 22.7. The quantitative estimate of drug-likeness (QED) is 0.0195. The summed E-state index contributed by atoms with van der Waals surface area (Å²) >= 11 is 0. The van der Waals surface area contributed by atoms with Gasteiger partial charge in [0.05, 0.1) is 40.3 Å². The Bertz CT molecular complexity index is 1300. The highest BCUT2D eigenvalue weighted by atomic mass is 16.7. The minimum atomic E-state index is -1.62. The first kappa shape index (κ1) is 68.2. The maximum absolute atomic E-state index is 12.8. The Morgan fingerprint density at radius 3 is 1.17 bits per heavy atom. The topological polar surface area (TPSA) is 111 Å². The van der Waals surface area contributed by atoms with Gasteiger partial charge in [0.25, 0.3) is 0 Å². The molecular weight excluding hydrogens is 887 g/mol. The number of hydrogen-bond acceptors (Lipinski definition) is 8. The molecule has 0 amide bonds. The molecule has 0 aliphatic rings. The molecular formula is C62H113NO8. The lowest BCUT2D eigenvalue weighted by Gasteiger charge is -2.26. The van der Waals surface area contributed by atoms with Gasteiger partial charge in [0.1, 0.15) is 13.2 Å². The van der Waals surface area contributed by atoms with Crippen molar-refractivity contribution >= 4 is 17.9 Å². The molecule has 0 rings (SSSR count). The Labute approximate surface area is 438 Å². The molecule has 0 aromatic carbocycles. The molecule has 0 aliphatic carbocycles. The summed E-state index contributed by atoms with van der Waals surface area (Å²) in [5.74, 6) is -2.29. The Balaban J connectivity index is 4.05. The Morgan fingerprint density at radius 2 is 0.789 bits per heavy atom. The first-order chi connectivity index (χ1) is 34.6.